The van der Waals surface area contributed by atoms with Crippen molar-refractivity contribution in [1.29, 1.82) is 0 Å². The Morgan fingerprint density at radius 2 is 1.81 bits per heavy atom. The summed E-state index contributed by atoms with van der Waals surface area (Å²) in [5.41, 5.74) is 1.57. The molecule has 0 radical (unpaired) electrons. The fourth-order valence-electron chi connectivity index (χ4n) is 1.57. The van der Waals surface area contributed by atoms with Crippen molar-refractivity contribution in [3.63, 3.8) is 0 Å². The molecule has 0 unspecified atom stereocenters. The van der Waals surface area contributed by atoms with Gasteiger partial charge in [0.15, 0.2) is 5.78 Å². The van der Waals surface area contributed by atoms with E-state index < -0.39 is 0 Å². The Hall–Kier alpha value is -2.14. The van der Waals surface area contributed by atoms with Gasteiger partial charge in [-0.1, -0.05) is 6.58 Å². The van der Waals surface area contributed by atoms with Crippen LogP contribution in [0.25, 0.3) is 0 Å². The average Bonchev–Trinajstić information content (AvgIpc) is 2.44. The van der Waals surface area contributed by atoms with Crippen LogP contribution < -0.4 is 15.4 Å². The molecule has 1 aromatic carbocycles. The van der Waals surface area contributed by atoms with Crippen molar-refractivity contribution >= 4 is 11.7 Å². The highest BCUT2D eigenvalue weighted by molar-refractivity contribution is 5.97. The normalized spacial score (nSPS) is 10.0. The molecular weight excluding hydrogens is 268 g/mol. The monoisotopic (exact) mass is 290 g/mol. The van der Waals surface area contributed by atoms with Crippen LogP contribution in [-0.4, -0.2) is 37.9 Å². The standard InChI is InChI=1S/C16H22N2O3/c1-12(2)11-21-15-6-4-14(5-7-15)16(20)10-17-8-9-18-13(3)19/h4-7,17H,1,8-11H2,2-3H3,(H,18,19). The van der Waals surface area contributed by atoms with Crippen LogP contribution in [0, 0.1) is 0 Å². The highest BCUT2D eigenvalue weighted by Gasteiger charge is 2.05. The number of benzene rings is 1. The van der Waals surface area contributed by atoms with Crippen molar-refractivity contribution in [2.75, 3.05) is 26.2 Å². The minimum Gasteiger partial charge on any atom is -0.489 e. The van der Waals surface area contributed by atoms with Gasteiger partial charge in [0.05, 0.1) is 6.54 Å². The average molecular weight is 290 g/mol. The van der Waals surface area contributed by atoms with Gasteiger partial charge in [-0.2, -0.15) is 0 Å². The molecule has 0 saturated heterocycles. The van der Waals surface area contributed by atoms with Crippen molar-refractivity contribution in [2.45, 2.75) is 13.8 Å². The maximum Gasteiger partial charge on any atom is 0.216 e. The Morgan fingerprint density at radius 1 is 1.14 bits per heavy atom. The second-order valence-electron chi connectivity index (χ2n) is 4.85. The molecule has 21 heavy (non-hydrogen) atoms. The molecule has 114 valence electrons. The molecule has 0 aliphatic rings. The lowest BCUT2D eigenvalue weighted by Gasteiger charge is -2.07. The number of ether oxygens (including phenoxy) is 1. The smallest absolute Gasteiger partial charge is 0.216 e. The van der Waals surface area contributed by atoms with E-state index in [1.54, 1.807) is 24.3 Å². The van der Waals surface area contributed by atoms with E-state index in [2.05, 4.69) is 17.2 Å². The summed E-state index contributed by atoms with van der Waals surface area (Å²) < 4.78 is 5.47. The molecular formula is C16H22N2O3. The highest BCUT2D eigenvalue weighted by atomic mass is 16.5. The van der Waals surface area contributed by atoms with Crippen LogP contribution >= 0.6 is 0 Å². The number of hydrogen-bond acceptors (Lipinski definition) is 4. The number of carbonyl (C=O) groups is 2. The Bertz CT molecular complexity index is 495. The van der Waals surface area contributed by atoms with Crippen molar-refractivity contribution < 1.29 is 14.3 Å². The van der Waals surface area contributed by atoms with Crippen molar-refractivity contribution in [2.24, 2.45) is 0 Å². The fourth-order valence-corrected chi connectivity index (χ4v) is 1.57. The molecule has 1 rings (SSSR count). The van der Waals surface area contributed by atoms with Crippen molar-refractivity contribution in [1.82, 2.24) is 10.6 Å². The highest BCUT2D eigenvalue weighted by Crippen LogP contribution is 2.13. The zero-order chi connectivity index (χ0) is 15.7. The molecule has 0 heterocycles. The SMILES string of the molecule is C=C(C)COc1ccc(C(=O)CNCCNC(C)=O)cc1. The van der Waals surface area contributed by atoms with Gasteiger partial charge < -0.3 is 15.4 Å². The maximum atomic E-state index is 11.9. The first-order valence-electron chi connectivity index (χ1n) is 6.84. The molecule has 0 atom stereocenters. The van der Waals surface area contributed by atoms with Crippen LogP contribution in [0.3, 0.4) is 0 Å². The van der Waals surface area contributed by atoms with Gasteiger partial charge in [0.1, 0.15) is 12.4 Å². The molecule has 0 spiro atoms. The molecule has 5 heteroatoms. The maximum absolute atomic E-state index is 11.9. The molecule has 5 nitrogen and oxygen atoms in total. The van der Waals surface area contributed by atoms with Gasteiger partial charge in [-0.05, 0) is 36.8 Å². The molecule has 0 bridgehead atoms. The molecule has 1 aromatic rings. The summed E-state index contributed by atoms with van der Waals surface area (Å²) in [6.45, 7) is 8.90. The van der Waals surface area contributed by atoms with E-state index in [1.165, 1.54) is 6.92 Å². The Balaban J connectivity index is 2.34. The lowest BCUT2D eigenvalue weighted by atomic mass is 10.1. The quantitative estimate of drug-likeness (QED) is 0.411. The summed E-state index contributed by atoms with van der Waals surface area (Å²) >= 11 is 0. The van der Waals surface area contributed by atoms with E-state index in [4.69, 9.17) is 4.74 Å². The summed E-state index contributed by atoms with van der Waals surface area (Å²) in [5.74, 6) is 0.644. The number of ketones is 1. The first kappa shape index (κ1) is 16.9. The summed E-state index contributed by atoms with van der Waals surface area (Å²) in [6, 6.07) is 7.03. The Kier molecular flexibility index (Phi) is 7.18. The molecule has 2 N–H and O–H groups in total. The van der Waals surface area contributed by atoms with Gasteiger partial charge in [0.2, 0.25) is 5.91 Å². The second-order valence-corrected chi connectivity index (χ2v) is 4.85. The number of rotatable bonds is 9. The minimum absolute atomic E-state index is 0.00396. The first-order valence-corrected chi connectivity index (χ1v) is 6.84. The van der Waals surface area contributed by atoms with E-state index in [1.807, 2.05) is 6.92 Å². The van der Waals surface area contributed by atoms with Crippen LogP contribution in [0.15, 0.2) is 36.4 Å². The second kappa shape index (κ2) is 8.92. The van der Waals surface area contributed by atoms with Gasteiger partial charge in [0, 0.05) is 25.6 Å². The number of hydrogen-bond donors (Lipinski definition) is 2. The van der Waals surface area contributed by atoms with E-state index in [9.17, 15) is 9.59 Å². The summed E-state index contributed by atoms with van der Waals surface area (Å²) in [4.78, 5) is 22.6. The van der Waals surface area contributed by atoms with E-state index in [-0.39, 0.29) is 18.2 Å². The van der Waals surface area contributed by atoms with Crippen LogP contribution in [0.5, 0.6) is 5.75 Å². The predicted octanol–water partition coefficient (Wildman–Crippen LogP) is 1.55. The molecule has 1 amide bonds. The van der Waals surface area contributed by atoms with Gasteiger partial charge in [-0.15, -0.1) is 0 Å². The minimum atomic E-state index is -0.0755. The topological polar surface area (TPSA) is 67.4 Å². The largest absolute Gasteiger partial charge is 0.489 e. The van der Waals surface area contributed by atoms with E-state index in [0.29, 0.717) is 31.0 Å². The molecule has 0 aliphatic carbocycles. The van der Waals surface area contributed by atoms with Crippen LogP contribution in [-0.2, 0) is 4.79 Å². The van der Waals surface area contributed by atoms with Crippen molar-refractivity contribution in [3.05, 3.63) is 42.0 Å². The summed E-state index contributed by atoms with van der Waals surface area (Å²) in [6.07, 6.45) is 0. The molecule has 0 fully saturated rings. The lowest BCUT2D eigenvalue weighted by molar-refractivity contribution is -0.118. The van der Waals surface area contributed by atoms with Gasteiger partial charge in [-0.3, -0.25) is 9.59 Å². The van der Waals surface area contributed by atoms with Gasteiger partial charge in [0.25, 0.3) is 0 Å². The first-order chi connectivity index (χ1) is 9.99. The zero-order valence-corrected chi connectivity index (χ0v) is 12.6. The third kappa shape index (κ3) is 7.27. The zero-order valence-electron chi connectivity index (χ0n) is 12.6. The van der Waals surface area contributed by atoms with E-state index >= 15 is 0 Å². The Morgan fingerprint density at radius 3 is 2.38 bits per heavy atom. The number of carbonyl (C=O) groups excluding carboxylic acids is 2. The van der Waals surface area contributed by atoms with Crippen molar-refractivity contribution in [3.8, 4) is 5.75 Å². The number of nitrogens with one attached hydrogen (secondary N) is 2. The van der Waals surface area contributed by atoms with Crippen LogP contribution in [0.1, 0.15) is 24.2 Å². The molecule has 0 saturated carbocycles. The predicted molar refractivity (Wildman–Crippen MR) is 82.6 cm³/mol. The molecule has 0 aliphatic heterocycles. The Labute approximate surface area is 125 Å². The summed E-state index contributed by atoms with van der Waals surface area (Å²) in [7, 11) is 0. The summed E-state index contributed by atoms with van der Waals surface area (Å²) in [5, 5.41) is 5.64. The third-order valence-corrected chi connectivity index (χ3v) is 2.62. The molecule has 0 aromatic heterocycles. The van der Waals surface area contributed by atoms with Gasteiger partial charge >= 0.3 is 0 Å². The van der Waals surface area contributed by atoms with Crippen LogP contribution in [0.4, 0.5) is 0 Å². The lowest BCUT2D eigenvalue weighted by Crippen LogP contribution is -2.32. The van der Waals surface area contributed by atoms with E-state index in [0.717, 1.165) is 5.57 Å². The van der Waals surface area contributed by atoms with Crippen LogP contribution in [0.2, 0.25) is 0 Å². The fraction of sp³-hybridized carbons (Fsp3) is 0.375. The number of Topliss-reactive ketones (excluding diaryl/α,β-unsaturated/α-hetero) is 1. The third-order valence-electron chi connectivity index (χ3n) is 2.62. The van der Waals surface area contributed by atoms with Gasteiger partial charge in [-0.25, -0.2) is 0 Å². The number of amides is 1.